The van der Waals surface area contributed by atoms with E-state index in [9.17, 15) is 0 Å². The van der Waals surface area contributed by atoms with Crippen molar-refractivity contribution in [3.8, 4) is 0 Å². The molecule has 78 valence electrons. The second-order valence-electron chi connectivity index (χ2n) is 3.27. The lowest BCUT2D eigenvalue weighted by Crippen LogP contribution is -2.29. The van der Waals surface area contributed by atoms with Crippen molar-refractivity contribution < 1.29 is 10.0 Å². The Balaban J connectivity index is 3.25. The van der Waals surface area contributed by atoms with Crippen molar-refractivity contribution in [3.63, 3.8) is 0 Å². The first-order valence-electron chi connectivity index (χ1n) is 4.75. The molecular formula is C11H14BNO2. The molecule has 1 aromatic carbocycles. The number of hydrogen-bond acceptors (Lipinski definition) is 3. The Morgan fingerprint density at radius 1 is 1.47 bits per heavy atom. The van der Waals surface area contributed by atoms with Crippen molar-refractivity contribution in [3.05, 3.63) is 30.3 Å². The van der Waals surface area contributed by atoms with Gasteiger partial charge in [-0.2, -0.15) is 0 Å². The first-order chi connectivity index (χ1) is 7.10. The van der Waals surface area contributed by atoms with E-state index in [1.54, 1.807) is 18.2 Å². The van der Waals surface area contributed by atoms with Crippen LogP contribution in [0.4, 0.5) is 5.69 Å². The fraction of sp³-hybridized carbons (Fsp3) is 0.182. The molecule has 0 atom stereocenters. The lowest BCUT2D eigenvalue weighted by Gasteiger charge is -2.09. The first kappa shape index (κ1) is 11.7. The van der Waals surface area contributed by atoms with E-state index in [-0.39, 0.29) is 0 Å². The maximum absolute atomic E-state index is 9.05. The normalized spacial score (nSPS) is 9.80. The summed E-state index contributed by atoms with van der Waals surface area (Å²) in [6.45, 7) is 9.35. The van der Waals surface area contributed by atoms with Crippen molar-refractivity contribution in [2.24, 2.45) is 4.99 Å². The summed E-state index contributed by atoms with van der Waals surface area (Å²) in [6, 6.07) is 5.00. The number of hydrogen-bond donors (Lipinski definition) is 2. The van der Waals surface area contributed by atoms with Crippen LogP contribution < -0.4 is 5.46 Å². The van der Waals surface area contributed by atoms with E-state index in [1.807, 2.05) is 6.92 Å². The molecule has 0 radical (unpaired) electrons. The van der Waals surface area contributed by atoms with Crippen LogP contribution in [0.2, 0.25) is 0 Å². The second-order valence-corrected chi connectivity index (χ2v) is 3.27. The van der Waals surface area contributed by atoms with Gasteiger partial charge >= 0.3 is 7.12 Å². The average Bonchev–Trinajstić information content (AvgIpc) is 2.27. The summed E-state index contributed by atoms with van der Waals surface area (Å²) in [5, 5.41) is 18.1. The molecule has 0 amide bonds. The molecule has 15 heavy (non-hydrogen) atoms. The zero-order valence-corrected chi connectivity index (χ0v) is 8.77. The van der Waals surface area contributed by atoms with E-state index in [2.05, 4.69) is 18.3 Å². The molecule has 0 aliphatic carbocycles. The number of aliphatic imine (C=N–C) groups is 1. The van der Waals surface area contributed by atoms with Crippen molar-refractivity contribution in [2.75, 3.05) is 0 Å². The van der Waals surface area contributed by atoms with Crippen molar-refractivity contribution in [1.29, 1.82) is 0 Å². The van der Waals surface area contributed by atoms with Crippen LogP contribution in [-0.4, -0.2) is 23.9 Å². The van der Waals surface area contributed by atoms with Gasteiger partial charge in [-0.15, -0.1) is 0 Å². The number of benzene rings is 1. The van der Waals surface area contributed by atoms with Crippen LogP contribution in [0.25, 0.3) is 5.57 Å². The van der Waals surface area contributed by atoms with Gasteiger partial charge in [0.2, 0.25) is 0 Å². The van der Waals surface area contributed by atoms with Crippen molar-refractivity contribution >= 4 is 30.6 Å². The predicted octanol–water partition coefficient (Wildman–Crippen LogP) is 1.12. The van der Waals surface area contributed by atoms with Gasteiger partial charge in [-0.05, 0) is 30.2 Å². The summed E-state index contributed by atoms with van der Waals surface area (Å²) in [5.74, 6) is 0. The van der Waals surface area contributed by atoms with Gasteiger partial charge in [0.1, 0.15) is 0 Å². The minimum atomic E-state index is -1.47. The van der Waals surface area contributed by atoms with E-state index in [1.165, 1.54) is 0 Å². The van der Waals surface area contributed by atoms with Gasteiger partial charge in [0, 0.05) is 5.56 Å². The zero-order chi connectivity index (χ0) is 11.4. The van der Waals surface area contributed by atoms with Gasteiger partial charge in [0.05, 0.1) is 5.69 Å². The molecule has 3 nitrogen and oxygen atoms in total. The molecule has 2 N–H and O–H groups in total. The molecule has 0 heterocycles. The molecule has 0 aliphatic heterocycles. The lowest BCUT2D eigenvalue weighted by molar-refractivity contribution is 0.426. The Labute approximate surface area is 89.9 Å². The van der Waals surface area contributed by atoms with Crippen LogP contribution in [0.5, 0.6) is 0 Å². The molecule has 0 aromatic heterocycles. The van der Waals surface area contributed by atoms with E-state index >= 15 is 0 Å². The highest BCUT2D eigenvalue weighted by atomic mass is 16.4. The van der Waals surface area contributed by atoms with E-state index in [0.29, 0.717) is 11.2 Å². The third-order valence-corrected chi connectivity index (χ3v) is 2.30. The standard InChI is InChI=1S/C11H14BNO2/c1-4-8(2)10-7-9(12(14)15)5-6-11(10)13-3/h5-7,14-15H,2-4H2,1H3. The highest BCUT2D eigenvalue weighted by Crippen LogP contribution is 2.25. The summed E-state index contributed by atoms with van der Waals surface area (Å²) in [4.78, 5) is 3.87. The molecule has 0 fully saturated rings. The lowest BCUT2D eigenvalue weighted by atomic mass is 9.78. The Kier molecular flexibility index (Phi) is 3.83. The average molecular weight is 203 g/mol. The predicted molar refractivity (Wildman–Crippen MR) is 64.8 cm³/mol. The monoisotopic (exact) mass is 203 g/mol. The van der Waals surface area contributed by atoms with Gasteiger partial charge in [-0.1, -0.05) is 25.6 Å². The highest BCUT2D eigenvalue weighted by Gasteiger charge is 2.13. The third kappa shape index (κ3) is 2.55. The van der Waals surface area contributed by atoms with Crippen LogP contribution >= 0.6 is 0 Å². The van der Waals surface area contributed by atoms with E-state index < -0.39 is 7.12 Å². The summed E-state index contributed by atoms with van der Waals surface area (Å²) in [7, 11) is -1.47. The van der Waals surface area contributed by atoms with E-state index in [4.69, 9.17) is 10.0 Å². The molecule has 0 saturated carbocycles. The molecule has 0 saturated heterocycles. The van der Waals surface area contributed by atoms with Gasteiger partial charge < -0.3 is 10.0 Å². The minimum Gasteiger partial charge on any atom is -0.423 e. The molecule has 0 bridgehead atoms. The van der Waals surface area contributed by atoms with Gasteiger partial charge in [-0.25, -0.2) is 0 Å². The number of rotatable bonds is 4. The van der Waals surface area contributed by atoms with Crippen molar-refractivity contribution in [2.45, 2.75) is 13.3 Å². The molecule has 1 rings (SSSR count). The zero-order valence-electron chi connectivity index (χ0n) is 8.77. The topological polar surface area (TPSA) is 52.8 Å². The van der Waals surface area contributed by atoms with E-state index in [0.717, 1.165) is 17.6 Å². The molecule has 1 aromatic rings. The second kappa shape index (κ2) is 4.91. The summed E-state index contributed by atoms with van der Waals surface area (Å²) in [5.41, 5.74) is 2.87. The highest BCUT2D eigenvalue weighted by molar-refractivity contribution is 6.58. The van der Waals surface area contributed by atoms with Crippen molar-refractivity contribution in [1.82, 2.24) is 0 Å². The molecule has 0 unspecified atom stereocenters. The quantitative estimate of drug-likeness (QED) is 0.569. The van der Waals surface area contributed by atoms with Crippen LogP contribution in [0.15, 0.2) is 29.8 Å². The fourth-order valence-electron chi connectivity index (χ4n) is 1.33. The maximum Gasteiger partial charge on any atom is 0.488 e. The number of allylic oxidation sites excluding steroid dienone is 1. The summed E-state index contributed by atoms with van der Waals surface area (Å²) >= 11 is 0. The van der Waals surface area contributed by atoms with Gasteiger partial charge in [-0.3, -0.25) is 4.99 Å². The summed E-state index contributed by atoms with van der Waals surface area (Å²) < 4.78 is 0. The Morgan fingerprint density at radius 2 is 2.13 bits per heavy atom. The fourth-order valence-corrected chi connectivity index (χ4v) is 1.33. The van der Waals surface area contributed by atoms with Crippen LogP contribution in [0.3, 0.4) is 0 Å². The SMILES string of the molecule is C=Nc1ccc(B(O)O)cc1C(=C)CC. The van der Waals surface area contributed by atoms with Gasteiger partial charge in [0.15, 0.2) is 0 Å². The number of nitrogens with zero attached hydrogens (tertiary/aromatic N) is 1. The largest absolute Gasteiger partial charge is 0.488 e. The Hall–Kier alpha value is -1.39. The van der Waals surface area contributed by atoms with Crippen LogP contribution in [-0.2, 0) is 0 Å². The Morgan fingerprint density at radius 3 is 2.60 bits per heavy atom. The summed E-state index contributed by atoms with van der Waals surface area (Å²) in [6.07, 6.45) is 0.785. The van der Waals surface area contributed by atoms with Crippen LogP contribution in [0.1, 0.15) is 18.9 Å². The smallest absolute Gasteiger partial charge is 0.423 e. The molecule has 0 spiro atoms. The van der Waals surface area contributed by atoms with Crippen LogP contribution in [0, 0.1) is 0 Å². The maximum atomic E-state index is 9.05. The first-order valence-corrected chi connectivity index (χ1v) is 4.75. The Bertz CT molecular complexity index is 388. The molecular weight excluding hydrogens is 189 g/mol. The molecule has 4 heteroatoms. The third-order valence-electron chi connectivity index (χ3n) is 2.30. The minimum absolute atomic E-state index is 0.437. The van der Waals surface area contributed by atoms with Gasteiger partial charge in [0.25, 0.3) is 0 Å². The molecule has 0 aliphatic rings.